The van der Waals surface area contributed by atoms with E-state index in [1.807, 2.05) is 119 Å². The number of Topliss-reactive ketones (excluding diaryl/α,β-unsaturated/α-hetero) is 3. The summed E-state index contributed by atoms with van der Waals surface area (Å²) in [5.74, 6) is 11.0. The minimum atomic E-state index is -0.302. The first-order chi connectivity index (χ1) is 44.3. The van der Waals surface area contributed by atoms with Crippen molar-refractivity contribution in [3.8, 4) is 80.5 Å². The maximum Gasteiger partial charge on any atom is 0.251 e. The van der Waals surface area contributed by atoms with E-state index in [1.54, 1.807) is 24.3 Å². The zero-order chi connectivity index (χ0) is 64.6. The normalized spacial score (nSPS) is 16.5. The van der Waals surface area contributed by atoms with E-state index >= 15 is 0 Å². The molecular formula is C73H92O17. The number of ketones is 3. The fraction of sp³-hybridized carbons (Fsp3) is 0.466. The summed E-state index contributed by atoms with van der Waals surface area (Å²) in [6, 6.07) is 27.1. The van der Waals surface area contributed by atoms with Gasteiger partial charge in [0.1, 0.15) is 5.78 Å². The van der Waals surface area contributed by atoms with E-state index in [0.717, 1.165) is 93.0 Å². The topological polar surface area (TPSA) is 180 Å². The van der Waals surface area contributed by atoms with Crippen molar-refractivity contribution in [3.63, 3.8) is 0 Å². The highest BCUT2D eigenvalue weighted by molar-refractivity contribution is 6.14. The van der Waals surface area contributed by atoms with Crippen LogP contribution in [0.2, 0.25) is 0 Å². The van der Waals surface area contributed by atoms with Crippen LogP contribution in [0.3, 0.4) is 0 Å². The maximum atomic E-state index is 11.6. The number of hydrogen-bond acceptors (Lipinski definition) is 17. The Morgan fingerprint density at radius 1 is 0.278 bits per heavy atom. The molecule has 1 spiro atoms. The van der Waals surface area contributed by atoms with Gasteiger partial charge in [-0.15, -0.1) is 0 Å². The fourth-order valence-corrected chi connectivity index (χ4v) is 11.3. The monoisotopic (exact) mass is 1240 g/mol. The number of aryl methyl sites for hydroxylation is 4. The van der Waals surface area contributed by atoms with Crippen molar-refractivity contribution in [2.45, 2.75) is 185 Å². The van der Waals surface area contributed by atoms with Gasteiger partial charge in [0.15, 0.2) is 92.1 Å². The number of ether oxygens (including phenoxy) is 14. The van der Waals surface area contributed by atoms with Crippen LogP contribution in [0.5, 0.6) is 80.5 Å². The lowest BCUT2D eigenvalue weighted by Gasteiger charge is -2.21. The molecule has 0 bridgehead atoms. The number of rotatable bonds is 0. The zero-order valence-corrected chi connectivity index (χ0v) is 54.9. The minimum absolute atomic E-state index is 0.00269. The molecule has 12 aliphatic rings. The van der Waals surface area contributed by atoms with E-state index in [4.69, 9.17) is 66.3 Å². The van der Waals surface area contributed by atoms with Crippen LogP contribution in [-0.4, -0.2) is 63.9 Å². The first-order valence-electron chi connectivity index (χ1n) is 32.7. The molecule has 0 N–H and O–H groups in total. The van der Waals surface area contributed by atoms with Gasteiger partial charge < -0.3 is 66.3 Å². The van der Waals surface area contributed by atoms with Crippen LogP contribution < -0.4 is 66.3 Å². The predicted molar refractivity (Wildman–Crippen MR) is 345 cm³/mol. The first kappa shape index (κ1) is 69.0. The summed E-state index contributed by atoms with van der Waals surface area (Å²) in [5, 5.41) is 0. The third-order valence-corrected chi connectivity index (χ3v) is 15.3. The SMILES string of the molecule is CC.CC.CC.CC.CC.CC.O=C1CCC(=O)c2cc3c(cc21)OCO3.O=C1Cc2cc3c(cc2C1)OCO3.c1c2c(cc3c1OCO3)CCC2.c1c2c(cc3c1OCO3)CCCC2.c1c2c(cc3c1OCO3)OCO2.c1ccc2c(c1)OC1(CCCC1)O2. The third-order valence-electron chi connectivity index (χ3n) is 15.3. The molecule has 1 fully saturated rings. The van der Waals surface area contributed by atoms with E-state index in [1.165, 1.54) is 80.0 Å². The molecule has 0 saturated heterocycles. The van der Waals surface area contributed by atoms with Gasteiger partial charge in [0, 0.05) is 61.8 Å². The summed E-state index contributed by atoms with van der Waals surface area (Å²) < 4.78 is 74.4. The quantitative estimate of drug-likeness (QED) is 0.140. The molecule has 0 radical (unpaired) electrons. The highest BCUT2D eigenvalue weighted by Crippen LogP contribution is 2.47. The smallest absolute Gasteiger partial charge is 0.251 e. The number of carbonyl (C=O) groups is 3. The number of benzene rings is 6. The summed E-state index contributed by atoms with van der Waals surface area (Å²) in [5.41, 5.74) is 8.92. The average molecular weight is 1240 g/mol. The van der Waals surface area contributed by atoms with E-state index in [-0.39, 0.29) is 43.5 Å². The standard InChI is InChI=1S/C11H8O4.2C11H12O2.C10H8O3.C10H10O2.C8H6O4.6C2H6/c12-8-1-2-9(13)7-4-11-10(3-6(7)8)14-5-15-11;1-2-6-10-9(5-1)12-11(13-10)7-3-4-8-11;1-2-4-9-6-11-10(12-7-13-11)5-8(9)3-1;11-8-1-6-3-9-10(13-5-12-9)4-7(6)2-8;1-2-7-4-9-10(12-6-11-9)5-8(7)3-1;1-5-7(11-3-9-5)2-8-6(1)10-4-12-8;6*1-2/h3-4H,1-2,5H2;1-2,5-6H,3-4,7-8H2;5-6H,1-4,7H2;3-4H,1-2,5H2;4-5H,1-3,6H2;1-2H,3-4H2;6*1-2H3. The Morgan fingerprint density at radius 3 is 0.833 bits per heavy atom. The second-order valence-electron chi connectivity index (χ2n) is 20.3. The molecule has 0 amide bonds. The van der Waals surface area contributed by atoms with Gasteiger partial charge >= 0.3 is 0 Å². The van der Waals surface area contributed by atoms with Crippen molar-refractivity contribution in [2.75, 3.05) is 40.8 Å². The van der Waals surface area contributed by atoms with Crippen molar-refractivity contribution in [3.05, 3.63) is 129 Å². The van der Waals surface area contributed by atoms with Gasteiger partial charge in [-0.1, -0.05) is 95.2 Å². The largest absolute Gasteiger partial charge is 0.454 e. The predicted octanol–water partition coefficient (Wildman–Crippen LogP) is 16.9. The van der Waals surface area contributed by atoms with Crippen LogP contribution >= 0.6 is 0 Å². The van der Waals surface area contributed by atoms with Crippen molar-refractivity contribution < 1.29 is 80.7 Å². The highest BCUT2D eigenvalue weighted by atomic mass is 16.7. The number of para-hydroxylation sites is 2. The lowest BCUT2D eigenvalue weighted by molar-refractivity contribution is -0.117. The summed E-state index contributed by atoms with van der Waals surface area (Å²) in [6.45, 7) is 25.8. The van der Waals surface area contributed by atoms with Crippen molar-refractivity contribution >= 4 is 17.3 Å². The maximum absolute atomic E-state index is 11.6. The Labute approximate surface area is 531 Å². The molecule has 6 aromatic rings. The van der Waals surface area contributed by atoms with Gasteiger partial charge in [-0.05, 0) is 152 Å². The summed E-state index contributed by atoms with van der Waals surface area (Å²) in [6.07, 6.45) is 14.9. The molecule has 486 valence electrons. The van der Waals surface area contributed by atoms with Crippen LogP contribution in [0.4, 0.5) is 0 Å². The average Bonchev–Trinajstić information content (AvgIpc) is 1.67. The van der Waals surface area contributed by atoms with Gasteiger partial charge in [0.2, 0.25) is 40.8 Å². The van der Waals surface area contributed by atoms with Crippen LogP contribution in [0, 0.1) is 0 Å². The Balaban J connectivity index is 0.000000149. The molecule has 17 nitrogen and oxygen atoms in total. The molecular weight excluding hydrogens is 1150 g/mol. The van der Waals surface area contributed by atoms with E-state index in [2.05, 4.69) is 24.3 Å². The van der Waals surface area contributed by atoms with Crippen LogP contribution in [-0.2, 0) is 43.3 Å². The number of carbonyl (C=O) groups excluding carboxylic acids is 3. The molecule has 0 atom stereocenters. The minimum Gasteiger partial charge on any atom is -0.454 e. The summed E-state index contributed by atoms with van der Waals surface area (Å²) >= 11 is 0. The molecule has 5 aliphatic carbocycles. The van der Waals surface area contributed by atoms with Gasteiger partial charge in [-0.25, -0.2) is 0 Å². The van der Waals surface area contributed by atoms with Crippen LogP contribution in [0.25, 0.3) is 0 Å². The van der Waals surface area contributed by atoms with Crippen LogP contribution in [0.15, 0.2) is 84.9 Å². The summed E-state index contributed by atoms with van der Waals surface area (Å²) in [7, 11) is 0. The fourth-order valence-electron chi connectivity index (χ4n) is 11.3. The third kappa shape index (κ3) is 16.7. The van der Waals surface area contributed by atoms with Gasteiger partial charge in [0.25, 0.3) is 5.79 Å². The Morgan fingerprint density at radius 2 is 0.533 bits per heavy atom. The van der Waals surface area contributed by atoms with E-state index in [0.29, 0.717) is 68.7 Å². The molecule has 1 saturated carbocycles. The van der Waals surface area contributed by atoms with Crippen molar-refractivity contribution in [2.24, 2.45) is 0 Å². The van der Waals surface area contributed by atoms with Gasteiger partial charge in [-0.3, -0.25) is 14.4 Å². The number of fused-ring (bicyclic) bond motifs is 11. The zero-order valence-electron chi connectivity index (χ0n) is 54.9. The molecule has 17 heteroatoms. The molecule has 7 aliphatic heterocycles. The highest BCUT2D eigenvalue weighted by Gasteiger charge is 2.44. The lowest BCUT2D eigenvalue weighted by atomic mass is 9.89. The molecule has 0 aromatic heterocycles. The molecule has 7 heterocycles. The Bertz CT molecular complexity index is 3020. The van der Waals surface area contributed by atoms with Crippen LogP contribution in [0.1, 0.15) is 195 Å². The Hall–Kier alpha value is -8.47. The summed E-state index contributed by atoms with van der Waals surface area (Å²) in [4.78, 5) is 34.3. The Kier molecular flexibility index (Phi) is 26.4. The van der Waals surface area contributed by atoms with Gasteiger partial charge in [0.05, 0.1) is 0 Å². The molecule has 0 unspecified atom stereocenters. The molecule has 18 rings (SSSR count). The van der Waals surface area contributed by atoms with Gasteiger partial charge in [-0.2, -0.15) is 0 Å². The molecule has 6 aromatic carbocycles. The van der Waals surface area contributed by atoms with E-state index < -0.39 is 0 Å². The first-order valence-corrected chi connectivity index (χ1v) is 32.7. The molecule has 90 heavy (non-hydrogen) atoms. The number of hydrogen-bond donors (Lipinski definition) is 0. The second-order valence-corrected chi connectivity index (χ2v) is 20.3. The van der Waals surface area contributed by atoms with Crippen molar-refractivity contribution in [1.29, 1.82) is 0 Å². The lowest BCUT2D eigenvalue weighted by Crippen LogP contribution is -2.34. The second kappa shape index (κ2) is 34.5. The van der Waals surface area contributed by atoms with Crippen molar-refractivity contribution in [1.82, 2.24) is 0 Å². The van der Waals surface area contributed by atoms with E-state index in [9.17, 15) is 14.4 Å².